The Labute approximate surface area is 81.8 Å². The van der Waals surface area contributed by atoms with Gasteiger partial charge in [0.15, 0.2) is 0 Å². The fourth-order valence-corrected chi connectivity index (χ4v) is 0.917. The van der Waals surface area contributed by atoms with E-state index in [4.69, 9.17) is 5.26 Å². The summed E-state index contributed by atoms with van der Waals surface area (Å²) >= 11 is 0. The molecule has 5 heteroatoms. The minimum atomic E-state index is -0.504. The Morgan fingerprint density at radius 1 is 1.71 bits per heavy atom. The molecule has 1 heterocycles. The molecule has 0 spiro atoms. The Kier molecular flexibility index (Phi) is 3.24. The van der Waals surface area contributed by atoms with Gasteiger partial charge in [-0.1, -0.05) is 13.8 Å². The average Bonchev–Trinajstić information content (AvgIpc) is 2.14. The normalized spacial score (nSPS) is 9.86. The molecule has 0 fully saturated rings. The maximum atomic E-state index is 11.0. The first-order chi connectivity index (χ1) is 6.61. The molecular formula is C9H12N4O. The van der Waals surface area contributed by atoms with Crippen molar-refractivity contribution in [3.05, 3.63) is 22.2 Å². The van der Waals surface area contributed by atoms with Crippen LogP contribution in [0.1, 0.15) is 19.5 Å². The summed E-state index contributed by atoms with van der Waals surface area (Å²) in [5, 5.41) is 11.6. The highest BCUT2D eigenvalue weighted by atomic mass is 16.1. The zero-order chi connectivity index (χ0) is 10.6. The molecule has 74 valence electrons. The number of nitrogens with one attached hydrogen (secondary N) is 2. The van der Waals surface area contributed by atoms with Crippen LogP contribution in [0.5, 0.6) is 0 Å². The molecule has 14 heavy (non-hydrogen) atoms. The van der Waals surface area contributed by atoms with Crippen molar-refractivity contribution in [2.45, 2.75) is 13.8 Å². The van der Waals surface area contributed by atoms with Crippen LogP contribution in [0.3, 0.4) is 0 Å². The van der Waals surface area contributed by atoms with Crippen molar-refractivity contribution in [1.29, 1.82) is 5.26 Å². The summed E-state index contributed by atoms with van der Waals surface area (Å²) in [6, 6.07) is 3.38. The van der Waals surface area contributed by atoms with Crippen molar-refractivity contribution in [2.75, 3.05) is 11.9 Å². The van der Waals surface area contributed by atoms with Crippen molar-refractivity contribution >= 4 is 5.82 Å². The fourth-order valence-electron chi connectivity index (χ4n) is 0.917. The summed E-state index contributed by atoms with van der Waals surface area (Å²) in [7, 11) is 0. The van der Waals surface area contributed by atoms with E-state index >= 15 is 0 Å². The van der Waals surface area contributed by atoms with E-state index in [1.807, 2.05) is 19.9 Å². The van der Waals surface area contributed by atoms with Gasteiger partial charge >= 0.3 is 5.69 Å². The van der Waals surface area contributed by atoms with E-state index < -0.39 is 5.69 Å². The van der Waals surface area contributed by atoms with Crippen molar-refractivity contribution in [1.82, 2.24) is 9.97 Å². The summed E-state index contributed by atoms with van der Waals surface area (Å²) < 4.78 is 0. The lowest BCUT2D eigenvalue weighted by atomic mass is 10.2. The van der Waals surface area contributed by atoms with Crippen LogP contribution in [0.25, 0.3) is 0 Å². The number of rotatable bonds is 3. The van der Waals surface area contributed by atoms with Crippen LogP contribution in [0.15, 0.2) is 10.9 Å². The highest BCUT2D eigenvalue weighted by Crippen LogP contribution is 2.02. The Morgan fingerprint density at radius 2 is 2.43 bits per heavy atom. The van der Waals surface area contributed by atoms with Crippen LogP contribution in [0.2, 0.25) is 0 Å². The third kappa shape index (κ3) is 2.90. The van der Waals surface area contributed by atoms with Crippen LogP contribution >= 0.6 is 0 Å². The van der Waals surface area contributed by atoms with Gasteiger partial charge < -0.3 is 5.32 Å². The first-order valence-corrected chi connectivity index (χ1v) is 4.37. The molecule has 1 rings (SSSR count). The number of anilines is 1. The van der Waals surface area contributed by atoms with Gasteiger partial charge in [-0.2, -0.15) is 10.2 Å². The molecule has 0 radical (unpaired) electrons. The van der Waals surface area contributed by atoms with Gasteiger partial charge in [0.05, 0.1) is 0 Å². The summed E-state index contributed by atoms with van der Waals surface area (Å²) in [5.41, 5.74) is -0.286. The number of aromatic nitrogens is 2. The molecule has 0 atom stereocenters. The van der Waals surface area contributed by atoms with Gasteiger partial charge in [0.25, 0.3) is 0 Å². The van der Waals surface area contributed by atoms with E-state index in [2.05, 4.69) is 15.3 Å². The smallest absolute Gasteiger partial charge is 0.347 e. The molecule has 0 unspecified atom stereocenters. The average molecular weight is 192 g/mol. The largest absolute Gasteiger partial charge is 0.370 e. The maximum absolute atomic E-state index is 11.0. The van der Waals surface area contributed by atoms with Gasteiger partial charge in [0.1, 0.15) is 17.6 Å². The molecule has 0 aliphatic carbocycles. The molecule has 0 aliphatic heterocycles. The Bertz CT molecular complexity index is 402. The molecule has 0 aliphatic rings. The van der Waals surface area contributed by atoms with Crippen molar-refractivity contribution in [3.63, 3.8) is 0 Å². The van der Waals surface area contributed by atoms with E-state index in [0.29, 0.717) is 11.7 Å². The summed E-state index contributed by atoms with van der Waals surface area (Å²) in [5.74, 6) is 0.903. The first kappa shape index (κ1) is 10.3. The zero-order valence-corrected chi connectivity index (χ0v) is 8.16. The number of aromatic amines is 1. The molecule has 1 aromatic heterocycles. The number of nitriles is 1. The van der Waals surface area contributed by atoms with Gasteiger partial charge in [-0.15, -0.1) is 0 Å². The molecule has 5 nitrogen and oxygen atoms in total. The zero-order valence-electron chi connectivity index (χ0n) is 8.16. The number of hydrogen-bond donors (Lipinski definition) is 2. The third-order valence-corrected chi connectivity index (χ3v) is 1.56. The molecule has 1 aromatic rings. The Hall–Kier alpha value is -1.83. The van der Waals surface area contributed by atoms with Crippen LogP contribution in [0.4, 0.5) is 5.82 Å². The molecular weight excluding hydrogens is 180 g/mol. The highest BCUT2D eigenvalue weighted by molar-refractivity contribution is 5.38. The topological polar surface area (TPSA) is 81.6 Å². The molecule has 0 saturated carbocycles. The lowest BCUT2D eigenvalue weighted by molar-refractivity contribution is 0.686. The van der Waals surface area contributed by atoms with Crippen molar-refractivity contribution in [3.8, 4) is 6.07 Å². The highest BCUT2D eigenvalue weighted by Gasteiger charge is 2.00. The van der Waals surface area contributed by atoms with Crippen molar-refractivity contribution in [2.24, 2.45) is 5.92 Å². The fraction of sp³-hybridized carbons (Fsp3) is 0.444. The van der Waals surface area contributed by atoms with E-state index in [-0.39, 0.29) is 5.69 Å². The van der Waals surface area contributed by atoms with Gasteiger partial charge in [-0.25, -0.2) is 4.79 Å². The number of H-pyrrole nitrogens is 1. The molecule has 0 amide bonds. The molecule has 0 bridgehead atoms. The summed E-state index contributed by atoms with van der Waals surface area (Å²) in [4.78, 5) is 17.0. The van der Waals surface area contributed by atoms with Gasteiger partial charge in [-0.3, -0.25) is 4.98 Å². The van der Waals surface area contributed by atoms with E-state index in [1.54, 1.807) is 0 Å². The van der Waals surface area contributed by atoms with Crippen LogP contribution in [0, 0.1) is 17.2 Å². The SMILES string of the molecule is CC(C)CNc1cc(C#N)[nH]c(=O)n1. The van der Waals surface area contributed by atoms with Crippen LogP contribution < -0.4 is 11.0 Å². The third-order valence-electron chi connectivity index (χ3n) is 1.56. The van der Waals surface area contributed by atoms with Gasteiger partial charge in [-0.05, 0) is 5.92 Å². The second-order valence-electron chi connectivity index (χ2n) is 3.37. The van der Waals surface area contributed by atoms with E-state index in [0.717, 1.165) is 6.54 Å². The molecule has 0 aromatic carbocycles. The lowest BCUT2D eigenvalue weighted by Gasteiger charge is -2.06. The Morgan fingerprint density at radius 3 is 3.00 bits per heavy atom. The maximum Gasteiger partial charge on any atom is 0.347 e. The van der Waals surface area contributed by atoms with Crippen molar-refractivity contribution < 1.29 is 0 Å². The predicted molar refractivity (Wildman–Crippen MR) is 52.9 cm³/mol. The number of hydrogen-bond acceptors (Lipinski definition) is 4. The van der Waals surface area contributed by atoms with Crippen LogP contribution in [-0.4, -0.2) is 16.5 Å². The Balaban J connectivity index is 2.83. The standard InChI is InChI=1S/C9H12N4O/c1-6(2)5-11-8-3-7(4-10)12-9(14)13-8/h3,6H,5H2,1-2H3,(H2,11,12,13,14). The minimum Gasteiger partial charge on any atom is -0.370 e. The number of nitrogens with zero attached hydrogens (tertiary/aromatic N) is 2. The molecule has 2 N–H and O–H groups in total. The van der Waals surface area contributed by atoms with Gasteiger partial charge in [0.2, 0.25) is 0 Å². The van der Waals surface area contributed by atoms with E-state index in [9.17, 15) is 4.79 Å². The second-order valence-corrected chi connectivity index (χ2v) is 3.37. The summed E-state index contributed by atoms with van der Waals surface area (Å²) in [6.07, 6.45) is 0. The second kappa shape index (κ2) is 4.42. The first-order valence-electron chi connectivity index (χ1n) is 4.37. The quantitative estimate of drug-likeness (QED) is 0.738. The van der Waals surface area contributed by atoms with Crippen LogP contribution in [-0.2, 0) is 0 Å². The monoisotopic (exact) mass is 192 g/mol. The predicted octanol–water partition coefficient (Wildman–Crippen LogP) is 0.709. The molecule has 0 saturated heterocycles. The van der Waals surface area contributed by atoms with Gasteiger partial charge in [0, 0.05) is 12.6 Å². The summed E-state index contributed by atoms with van der Waals surface area (Å²) in [6.45, 7) is 4.82. The minimum absolute atomic E-state index is 0.219. The van der Waals surface area contributed by atoms with E-state index in [1.165, 1.54) is 6.07 Å². The lowest BCUT2D eigenvalue weighted by Crippen LogP contribution is -2.17.